The third kappa shape index (κ3) is 1.84. The lowest BCUT2D eigenvalue weighted by atomic mass is 10.2. The van der Waals surface area contributed by atoms with Crippen LogP contribution in [0.2, 0.25) is 0 Å². The van der Waals surface area contributed by atoms with E-state index in [2.05, 4.69) is 9.98 Å². The van der Waals surface area contributed by atoms with Crippen molar-refractivity contribution in [1.29, 1.82) is 0 Å². The van der Waals surface area contributed by atoms with Crippen molar-refractivity contribution in [3.05, 3.63) is 30.0 Å². The van der Waals surface area contributed by atoms with Crippen LogP contribution in [0.25, 0.3) is 10.9 Å². The molecule has 1 atom stereocenters. The molecule has 0 amide bonds. The number of phenols is 1. The second kappa shape index (κ2) is 4.06. The predicted molar refractivity (Wildman–Crippen MR) is 70.4 cm³/mol. The standard InChI is InChI=1S/C12H10N2O3S/c15-7-1-2-8-6(3-7)4-9(13-8)11-14-10(5-18-11)12(16)17/h1-4,10,13,15H,5H2,(H,16,17)/t10-/m1/s1. The number of rotatable bonds is 2. The largest absolute Gasteiger partial charge is 0.508 e. The van der Waals surface area contributed by atoms with Gasteiger partial charge < -0.3 is 15.2 Å². The van der Waals surface area contributed by atoms with Crippen molar-refractivity contribution in [3.63, 3.8) is 0 Å². The molecule has 5 nitrogen and oxygen atoms in total. The Morgan fingerprint density at radius 1 is 1.44 bits per heavy atom. The molecule has 0 saturated carbocycles. The van der Waals surface area contributed by atoms with E-state index in [9.17, 15) is 9.90 Å². The highest BCUT2D eigenvalue weighted by Gasteiger charge is 2.25. The first-order valence-electron chi connectivity index (χ1n) is 5.39. The number of fused-ring (bicyclic) bond motifs is 1. The van der Waals surface area contributed by atoms with Gasteiger partial charge in [0.1, 0.15) is 10.8 Å². The molecule has 0 saturated heterocycles. The Balaban J connectivity index is 2.00. The van der Waals surface area contributed by atoms with Crippen LogP contribution >= 0.6 is 11.8 Å². The van der Waals surface area contributed by atoms with Gasteiger partial charge in [-0.25, -0.2) is 4.79 Å². The fraction of sp³-hybridized carbons (Fsp3) is 0.167. The minimum Gasteiger partial charge on any atom is -0.508 e. The molecule has 1 aliphatic heterocycles. The zero-order chi connectivity index (χ0) is 12.7. The second-order valence-corrected chi connectivity index (χ2v) is 5.06. The fourth-order valence-corrected chi connectivity index (χ4v) is 2.88. The van der Waals surface area contributed by atoms with E-state index in [1.54, 1.807) is 18.2 Å². The predicted octanol–water partition coefficient (Wildman–Crippen LogP) is 1.82. The van der Waals surface area contributed by atoms with Gasteiger partial charge in [-0.3, -0.25) is 4.99 Å². The number of carboxylic acid groups (broad SMARTS) is 1. The van der Waals surface area contributed by atoms with Crippen molar-refractivity contribution in [2.24, 2.45) is 4.99 Å². The maximum atomic E-state index is 10.8. The van der Waals surface area contributed by atoms with E-state index < -0.39 is 12.0 Å². The van der Waals surface area contributed by atoms with Crippen LogP contribution in [0.3, 0.4) is 0 Å². The summed E-state index contributed by atoms with van der Waals surface area (Å²) in [7, 11) is 0. The Hall–Kier alpha value is -1.95. The van der Waals surface area contributed by atoms with Gasteiger partial charge in [-0.1, -0.05) is 0 Å². The number of carbonyl (C=O) groups is 1. The fourth-order valence-electron chi connectivity index (χ4n) is 1.88. The normalized spacial score (nSPS) is 19.1. The van der Waals surface area contributed by atoms with Gasteiger partial charge in [0.2, 0.25) is 0 Å². The Kier molecular flexibility index (Phi) is 2.52. The monoisotopic (exact) mass is 262 g/mol. The summed E-state index contributed by atoms with van der Waals surface area (Å²) >= 11 is 1.43. The third-order valence-corrected chi connectivity index (χ3v) is 3.85. The molecule has 2 heterocycles. The Labute approximate surface area is 107 Å². The van der Waals surface area contributed by atoms with E-state index in [1.165, 1.54) is 11.8 Å². The average Bonchev–Trinajstić information content (AvgIpc) is 2.93. The van der Waals surface area contributed by atoms with E-state index in [4.69, 9.17) is 5.11 Å². The molecule has 0 aliphatic carbocycles. The third-order valence-electron chi connectivity index (χ3n) is 2.77. The molecule has 0 radical (unpaired) electrons. The molecule has 6 heteroatoms. The first kappa shape index (κ1) is 11.2. The van der Waals surface area contributed by atoms with Crippen LogP contribution in [0.15, 0.2) is 29.3 Å². The molecule has 1 aromatic heterocycles. The van der Waals surface area contributed by atoms with Gasteiger partial charge in [0.15, 0.2) is 6.04 Å². The molecule has 1 aliphatic rings. The zero-order valence-corrected chi connectivity index (χ0v) is 10.1. The number of aromatic hydroxyl groups is 1. The maximum Gasteiger partial charge on any atom is 0.329 e. The molecule has 3 N–H and O–H groups in total. The van der Waals surface area contributed by atoms with Gasteiger partial charge in [0, 0.05) is 16.7 Å². The highest BCUT2D eigenvalue weighted by atomic mass is 32.2. The number of carboxylic acids is 1. The van der Waals surface area contributed by atoms with Crippen LogP contribution in [0, 0.1) is 0 Å². The number of aromatic amines is 1. The lowest BCUT2D eigenvalue weighted by molar-refractivity contribution is -0.137. The number of aromatic nitrogens is 1. The molecule has 1 aromatic carbocycles. The molecule has 0 unspecified atom stereocenters. The number of hydrogen-bond acceptors (Lipinski definition) is 4. The summed E-state index contributed by atoms with van der Waals surface area (Å²) in [6, 6.07) is 6.25. The van der Waals surface area contributed by atoms with Crippen LogP contribution < -0.4 is 0 Å². The lowest BCUT2D eigenvalue weighted by Crippen LogP contribution is -2.17. The van der Waals surface area contributed by atoms with Crippen molar-refractivity contribution < 1.29 is 15.0 Å². The van der Waals surface area contributed by atoms with Crippen LogP contribution in [-0.4, -0.2) is 38.0 Å². The van der Waals surface area contributed by atoms with Gasteiger partial charge in [-0.2, -0.15) is 0 Å². The summed E-state index contributed by atoms with van der Waals surface area (Å²) in [5, 5.41) is 19.9. The summed E-state index contributed by atoms with van der Waals surface area (Å²) in [6.45, 7) is 0. The smallest absolute Gasteiger partial charge is 0.329 e. The average molecular weight is 262 g/mol. The van der Waals surface area contributed by atoms with Gasteiger partial charge in [0.25, 0.3) is 0 Å². The SMILES string of the molecule is O=C(O)[C@H]1CSC(c2cc3cc(O)ccc3[nH]2)=N1. The number of aliphatic imine (C=N–C) groups is 1. The van der Waals surface area contributed by atoms with E-state index in [-0.39, 0.29) is 5.75 Å². The maximum absolute atomic E-state index is 10.8. The van der Waals surface area contributed by atoms with E-state index in [0.717, 1.165) is 16.6 Å². The van der Waals surface area contributed by atoms with Gasteiger partial charge in [-0.15, -0.1) is 11.8 Å². The number of aliphatic carboxylic acids is 1. The first-order chi connectivity index (χ1) is 8.63. The van der Waals surface area contributed by atoms with Crippen LogP contribution in [-0.2, 0) is 4.79 Å². The van der Waals surface area contributed by atoms with Crippen molar-refractivity contribution in [2.75, 3.05) is 5.75 Å². The second-order valence-electron chi connectivity index (χ2n) is 4.05. The van der Waals surface area contributed by atoms with Crippen LogP contribution in [0.5, 0.6) is 5.75 Å². The van der Waals surface area contributed by atoms with Crippen molar-refractivity contribution in [3.8, 4) is 5.75 Å². The highest BCUT2D eigenvalue weighted by Crippen LogP contribution is 2.27. The molecule has 3 rings (SSSR count). The van der Waals surface area contributed by atoms with Crippen molar-refractivity contribution >= 4 is 33.7 Å². The highest BCUT2D eigenvalue weighted by molar-refractivity contribution is 8.14. The molecule has 0 spiro atoms. The van der Waals surface area contributed by atoms with Crippen molar-refractivity contribution in [2.45, 2.75) is 6.04 Å². The number of H-pyrrole nitrogens is 1. The van der Waals surface area contributed by atoms with E-state index in [1.807, 2.05) is 6.07 Å². The number of hydrogen-bond donors (Lipinski definition) is 3. The van der Waals surface area contributed by atoms with Gasteiger partial charge in [0.05, 0.1) is 5.69 Å². The summed E-state index contributed by atoms with van der Waals surface area (Å²) in [4.78, 5) is 18.2. The number of phenolic OH excluding ortho intramolecular Hbond substituents is 1. The number of benzene rings is 1. The van der Waals surface area contributed by atoms with E-state index >= 15 is 0 Å². The quantitative estimate of drug-likeness (QED) is 0.770. The number of nitrogens with zero attached hydrogens (tertiary/aromatic N) is 1. The van der Waals surface area contributed by atoms with Crippen LogP contribution in [0.4, 0.5) is 0 Å². The zero-order valence-electron chi connectivity index (χ0n) is 9.25. The molecule has 18 heavy (non-hydrogen) atoms. The molecular weight excluding hydrogens is 252 g/mol. The Morgan fingerprint density at radius 2 is 2.28 bits per heavy atom. The Morgan fingerprint density at radius 3 is 3.00 bits per heavy atom. The minimum atomic E-state index is -0.897. The summed E-state index contributed by atoms with van der Waals surface area (Å²) in [6.07, 6.45) is 0. The minimum absolute atomic E-state index is 0.206. The summed E-state index contributed by atoms with van der Waals surface area (Å²) < 4.78 is 0. The molecule has 92 valence electrons. The topological polar surface area (TPSA) is 85.7 Å². The van der Waals surface area contributed by atoms with Gasteiger partial charge >= 0.3 is 5.97 Å². The van der Waals surface area contributed by atoms with Crippen molar-refractivity contribution in [1.82, 2.24) is 4.98 Å². The van der Waals surface area contributed by atoms with Gasteiger partial charge in [-0.05, 0) is 24.3 Å². The lowest BCUT2D eigenvalue weighted by Gasteiger charge is -1.94. The number of thioether (sulfide) groups is 1. The molecular formula is C12H10N2O3S. The summed E-state index contributed by atoms with van der Waals surface area (Å²) in [5.41, 5.74) is 1.69. The van der Waals surface area contributed by atoms with E-state index in [0.29, 0.717) is 10.8 Å². The molecule has 2 aromatic rings. The molecule has 0 bridgehead atoms. The Bertz CT molecular complexity index is 662. The van der Waals surface area contributed by atoms with Crippen LogP contribution in [0.1, 0.15) is 5.69 Å². The number of nitrogens with one attached hydrogen (secondary N) is 1. The summed E-state index contributed by atoms with van der Waals surface area (Å²) in [5.74, 6) is -0.227. The molecule has 0 fully saturated rings. The first-order valence-corrected chi connectivity index (χ1v) is 6.37.